The van der Waals surface area contributed by atoms with Crippen LogP contribution in [0.15, 0.2) is 24.4 Å². The SMILES string of the molecule is CCC(C)(CCC(C)(C)C(=O)OC1(C)CCCC1)c1ccccn1. The standard InChI is InChI=1S/C21H33NO2/c1-6-20(4,17-11-7-10-16-22-17)15-14-19(2,3)18(23)24-21(5)12-8-9-13-21/h7,10-11,16H,6,8-9,12-15H2,1-5H3. The number of carbonyl (C=O) groups is 1. The summed E-state index contributed by atoms with van der Waals surface area (Å²) in [6, 6.07) is 6.08. The summed E-state index contributed by atoms with van der Waals surface area (Å²) in [5.74, 6) is -0.0497. The molecule has 1 fully saturated rings. The van der Waals surface area contributed by atoms with Crippen LogP contribution in [0.1, 0.15) is 85.3 Å². The van der Waals surface area contributed by atoms with Crippen LogP contribution in [0.3, 0.4) is 0 Å². The van der Waals surface area contributed by atoms with Gasteiger partial charge in [-0.15, -0.1) is 0 Å². The minimum absolute atomic E-state index is 0.00390. The van der Waals surface area contributed by atoms with E-state index in [9.17, 15) is 4.79 Å². The summed E-state index contributed by atoms with van der Waals surface area (Å²) in [7, 11) is 0. The van der Waals surface area contributed by atoms with Gasteiger partial charge in [-0.3, -0.25) is 9.78 Å². The maximum absolute atomic E-state index is 12.7. The smallest absolute Gasteiger partial charge is 0.312 e. The van der Waals surface area contributed by atoms with E-state index in [1.807, 2.05) is 32.2 Å². The third kappa shape index (κ3) is 4.37. The van der Waals surface area contributed by atoms with Crippen LogP contribution in [-0.2, 0) is 14.9 Å². The first-order valence-electron chi connectivity index (χ1n) is 9.36. The van der Waals surface area contributed by atoms with Crippen molar-refractivity contribution in [2.45, 2.75) is 90.6 Å². The molecule has 1 aromatic rings. The average Bonchev–Trinajstić information content (AvgIpc) is 2.99. The molecule has 1 atom stereocenters. The van der Waals surface area contributed by atoms with Gasteiger partial charge >= 0.3 is 5.97 Å². The van der Waals surface area contributed by atoms with Gasteiger partial charge in [-0.25, -0.2) is 0 Å². The van der Waals surface area contributed by atoms with Crippen LogP contribution in [0, 0.1) is 5.41 Å². The number of ether oxygens (including phenoxy) is 1. The summed E-state index contributed by atoms with van der Waals surface area (Å²) in [5, 5.41) is 0. The van der Waals surface area contributed by atoms with E-state index in [1.165, 1.54) is 0 Å². The zero-order chi connectivity index (χ0) is 17.8. The van der Waals surface area contributed by atoms with Crippen molar-refractivity contribution in [3.63, 3.8) is 0 Å². The zero-order valence-corrected chi connectivity index (χ0v) is 16.0. The molecule has 0 radical (unpaired) electrons. The molecule has 0 spiro atoms. The number of carbonyl (C=O) groups excluding carboxylic acids is 1. The highest BCUT2D eigenvalue weighted by Crippen LogP contribution is 2.39. The molecule has 0 N–H and O–H groups in total. The Morgan fingerprint density at radius 1 is 1.21 bits per heavy atom. The van der Waals surface area contributed by atoms with E-state index in [1.54, 1.807) is 0 Å². The monoisotopic (exact) mass is 331 g/mol. The fourth-order valence-corrected chi connectivity index (χ4v) is 3.48. The first-order chi connectivity index (χ1) is 11.2. The van der Waals surface area contributed by atoms with Gasteiger partial charge in [-0.05, 0) is 77.8 Å². The molecule has 1 aliphatic carbocycles. The van der Waals surface area contributed by atoms with Gasteiger partial charge in [-0.2, -0.15) is 0 Å². The maximum atomic E-state index is 12.7. The Bertz CT molecular complexity index is 546. The van der Waals surface area contributed by atoms with Gasteiger partial charge in [0.05, 0.1) is 5.41 Å². The van der Waals surface area contributed by atoms with Crippen LogP contribution in [0.2, 0.25) is 0 Å². The van der Waals surface area contributed by atoms with E-state index >= 15 is 0 Å². The van der Waals surface area contributed by atoms with E-state index in [0.717, 1.165) is 50.6 Å². The molecule has 1 aliphatic rings. The first-order valence-corrected chi connectivity index (χ1v) is 9.36. The Morgan fingerprint density at radius 3 is 2.42 bits per heavy atom. The summed E-state index contributed by atoms with van der Waals surface area (Å²) in [6.07, 6.45) is 8.92. The molecular weight excluding hydrogens is 298 g/mol. The van der Waals surface area contributed by atoms with Crippen LogP contribution in [-0.4, -0.2) is 16.6 Å². The van der Waals surface area contributed by atoms with E-state index in [0.29, 0.717) is 0 Å². The van der Waals surface area contributed by atoms with Gasteiger partial charge in [-0.1, -0.05) is 19.9 Å². The fraction of sp³-hybridized carbons (Fsp3) is 0.714. The molecule has 3 heteroatoms. The third-order valence-electron chi connectivity index (χ3n) is 5.92. The van der Waals surface area contributed by atoms with Gasteiger partial charge in [0.2, 0.25) is 0 Å². The Morgan fingerprint density at radius 2 is 1.88 bits per heavy atom. The number of esters is 1. The molecule has 1 unspecified atom stereocenters. The molecule has 0 saturated heterocycles. The largest absolute Gasteiger partial charge is 0.459 e. The highest BCUT2D eigenvalue weighted by atomic mass is 16.6. The van der Waals surface area contributed by atoms with Crippen molar-refractivity contribution < 1.29 is 9.53 Å². The van der Waals surface area contributed by atoms with Crippen molar-refractivity contribution in [1.29, 1.82) is 0 Å². The van der Waals surface area contributed by atoms with Crippen LogP contribution in [0.5, 0.6) is 0 Å². The van der Waals surface area contributed by atoms with Crippen LogP contribution in [0.25, 0.3) is 0 Å². The molecular formula is C21H33NO2. The summed E-state index contributed by atoms with van der Waals surface area (Å²) in [5.41, 5.74) is 0.399. The second kappa shape index (κ2) is 7.25. The number of rotatable bonds is 7. The molecule has 134 valence electrons. The molecule has 2 rings (SSSR count). The number of hydrogen-bond acceptors (Lipinski definition) is 3. The van der Waals surface area contributed by atoms with E-state index in [-0.39, 0.29) is 17.0 Å². The maximum Gasteiger partial charge on any atom is 0.312 e. The lowest BCUT2D eigenvalue weighted by Crippen LogP contribution is -2.37. The Labute approximate surface area is 147 Å². The van der Waals surface area contributed by atoms with Crippen molar-refractivity contribution in [2.75, 3.05) is 0 Å². The number of nitrogens with zero attached hydrogens (tertiary/aromatic N) is 1. The molecule has 0 bridgehead atoms. The molecule has 1 saturated carbocycles. The average molecular weight is 331 g/mol. The minimum atomic E-state index is -0.461. The molecule has 0 aromatic carbocycles. The molecule has 0 aliphatic heterocycles. The lowest BCUT2D eigenvalue weighted by atomic mass is 9.74. The molecule has 3 nitrogen and oxygen atoms in total. The second-order valence-corrected chi connectivity index (χ2v) is 8.56. The van der Waals surface area contributed by atoms with Gasteiger partial charge < -0.3 is 4.74 Å². The second-order valence-electron chi connectivity index (χ2n) is 8.56. The Balaban J connectivity index is 2.01. The lowest BCUT2D eigenvalue weighted by Gasteiger charge is -2.34. The quantitative estimate of drug-likeness (QED) is 0.625. The highest BCUT2D eigenvalue weighted by molar-refractivity contribution is 5.76. The minimum Gasteiger partial charge on any atom is -0.459 e. The molecule has 1 heterocycles. The van der Waals surface area contributed by atoms with Crippen molar-refractivity contribution in [1.82, 2.24) is 4.98 Å². The lowest BCUT2D eigenvalue weighted by molar-refractivity contribution is -0.169. The molecule has 24 heavy (non-hydrogen) atoms. The van der Waals surface area contributed by atoms with Crippen LogP contribution >= 0.6 is 0 Å². The van der Waals surface area contributed by atoms with E-state index < -0.39 is 5.41 Å². The normalized spacial score (nSPS) is 19.7. The van der Waals surface area contributed by atoms with E-state index in [2.05, 4.69) is 31.8 Å². The Kier molecular flexibility index (Phi) is 5.72. The van der Waals surface area contributed by atoms with Crippen LogP contribution in [0.4, 0.5) is 0 Å². The van der Waals surface area contributed by atoms with Gasteiger partial charge in [0, 0.05) is 17.3 Å². The van der Waals surface area contributed by atoms with Crippen LogP contribution < -0.4 is 0 Å². The third-order valence-corrected chi connectivity index (χ3v) is 5.92. The Hall–Kier alpha value is -1.38. The summed E-state index contributed by atoms with van der Waals surface area (Å²) < 4.78 is 5.91. The molecule has 0 amide bonds. The van der Waals surface area contributed by atoms with Crippen molar-refractivity contribution in [2.24, 2.45) is 5.41 Å². The predicted octanol–water partition coefficient (Wildman–Crippen LogP) is 5.43. The number of pyridine rings is 1. The zero-order valence-electron chi connectivity index (χ0n) is 16.0. The number of aromatic nitrogens is 1. The predicted molar refractivity (Wildman–Crippen MR) is 97.9 cm³/mol. The van der Waals surface area contributed by atoms with Gasteiger partial charge in [0.15, 0.2) is 0 Å². The first kappa shape index (κ1) is 19.0. The van der Waals surface area contributed by atoms with Gasteiger partial charge in [0.25, 0.3) is 0 Å². The summed E-state index contributed by atoms with van der Waals surface area (Å²) in [4.78, 5) is 17.3. The van der Waals surface area contributed by atoms with Crippen molar-refractivity contribution in [3.05, 3.63) is 30.1 Å². The van der Waals surface area contributed by atoms with Gasteiger partial charge in [0.1, 0.15) is 5.60 Å². The number of hydrogen-bond donors (Lipinski definition) is 0. The summed E-state index contributed by atoms with van der Waals surface area (Å²) in [6.45, 7) is 10.6. The summed E-state index contributed by atoms with van der Waals surface area (Å²) >= 11 is 0. The van der Waals surface area contributed by atoms with Crippen molar-refractivity contribution >= 4 is 5.97 Å². The van der Waals surface area contributed by atoms with E-state index in [4.69, 9.17) is 4.74 Å². The highest BCUT2D eigenvalue weighted by Gasteiger charge is 2.39. The molecule has 1 aromatic heterocycles. The van der Waals surface area contributed by atoms with Crippen molar-refractivity contribution in [3.8, 4) is 0 Å². The topological polar surface area (TPSA) is 39.2 Å². The fourth-order valence-electron chi connectivity index (χ4n) is 3.48.